The number of nitriles is 1. The summed E-state index contributed by atoms with van der Waals surface area (Å²) in [4.78, 5) is 0. The first-order valence-corrected chi connectivity index (χ1v) is 4.78. The largest absolute Gasteiger partial charge is 0.380 e. The lowest BCUT2D eigenvalue weighted by molar-refractivity contribution is 1.33. The first kappa shape index (κ1) is 10.9. The van der Waals surface area contributed by atoms with Gasteiger partial charge in [-0.2, -0.15) is 5.26 Å². The zero-order chi connectivity index (χ0) is 10.4. The van der Waals surface area contributed by atoms with E-state index >= 15 is 0 Å². The molecular weight excluding hydrogens is 219 g/mol. The average molecular weight is 227 g/mol. The highest BCUT2D eigenvalue weighted by Crippen LogP contribution is 2.22. The zero-order valence-corrected chi connectivity index (χ0v) is 8.81. The van der Waals surface area contributed by atoms with Gasteiger partial charge in [0, 0.05) is 12.1 Å². The van der Waals surface area contributed by atoms with Gasteiger partial charge < -0.3 is 5.32 Å². The molecule has 72 valence electrons. The van der Waals surface area contributed by atoms with E-state index in [1.54, 1.807) is 24.3 Å². The summed E-state index contributed by atoms with van der Waals surface area (Å²) in [7, 11) is 0. The second kappa shape index (κ2) is 5.54. The maximum atomic E-state index is 8.67. The van der Waals surface area contributed by atoms with Crippen molar-refractivity contribution in [2.24, 2.45) is 0 Å². The van der Waals surface area contributed by atoms with Crippen molar-refractivity contribution in [1.82, 2.24) is 0 Å². The van der Waals surface area contributed by atoms with Gasteiger partial charge in [0.15, 0.2) is 0 Å². The summed E-state index contributed by atoms with van der Waals surface area (Å²) in [5.41, 5.74) is 2.74. The van der Waals surface area contributed by atoms with Gasteiger partial charge in [0.1, 0.15) is 0 Å². The first-order valence-electron chi connectivity index (χ1n) is 3.96. The van der Waals surface area contributed by atoms with E-state index in [4.69, 9.17) is 28.5 Å². The Morgan fingerprint density at radius 3 is 2.93 bits per heavy atom. The number of hydrogen-bond donors (Lipinski definition) is 1. The van der Waals surface area contributed by atoms with Gasteiger partial charge in [0.2, 0.25) is 0 Å². The number of nitrogens with one attached hydrogen (secondary N) is 1. The molecule has 1 N–H and O–H groups in total. The molecule has 1 aromatic rings. The summed E-state index contributed by atoms with van der Waals surface area (Å²) in [5.74, 6) is 0. The molecule has 4 heteroatoms. The Morgan fingerprint density at radius 2 is 2.29 bits per heavy atom. The molecule has 0 aliphatic carbocycles. The van der Waals surface area contributed by atoms with E-state index < -0.39 is 0 Å². The Hall–Kier alpha value is -1.17. The van der Waals surface area contributed by atoms with Crippen LogP contribution in [0.4, 0.5) is 5.69 Å². The highest BCUT2D eigenvalue weighted by Gasteiger charge is 1.99. The number of hydrogen-bond acceptors (Lipinski definition) is 2. The van der Waals surface area contributed by atoms with Crippen molar-refractivity contribution in [3.63, 3.8) is 0 Å². The predicted octanol–water partition coefficient (Wildman–Crippen LogP) is 3.38. The van der Waals surface area contributed by atoms with Crippen LogP contribution in [0.1, 0.15) is 5.56 Å². The quantitative estimate of drug-likeness (QED) is 0.859. The summed E-state index contributed by atoms with van der Waals surface area (Å²) in [5, 5.41) is 12.3. The lowest BCUT2D eigenvalue weighted by atomic mass is 10.2. The van der Waals surface area contributed by atoms with Crippen LogP contribution in [0.25, 0.3) is 0 Å². The SMILES string of the molecule is N#Cc1ccc(Cl)c(NC/C=C/Cl)c1. The fourth-order valence-electron chi connectivity index (χ4n) is 0.944. The predicted molar refractivity (Wildman–Crippen MR) is 59.6 cm³/mol. The van der Waals surface area contributed by atoms with Crippen LogP contribution in [0.15, 0.2) is 29.8 Å². The molecule has 14 heavy (non-hydrogen) atoms. The topological polar surface area (TPSA) is 35.8 Å². The number of halogens is 2. The molecule has 0 saturated carbocycles. The van der Waals surface area contributed by atoms with Crippen LogP contribution in [0.5, 0.6) is 0 Å². The first-order chi connectivity index (χ1) is 6.77. The van der Waals surface area contributed by atoms with Gasteiger partial charge in [0.25, 0.3) is 0 Å². The van der Waals surface area contributed by atoms with Crippen molar-refractivity contribution in [2.45, 2.75) is 0 Å². The van der Waals surface area contributed by atoms with Crippen LogP contribution in [-0.4, -0.2) is 6.54 Å². The van der Waals surface area contributed by atoms with Crippen molar-refractivity contribution < 1.29 is 0 Å². The van der Waals surface area contributed by atoms with Crippen molar-refractivity contribution in [1.29, 1.82) is 5.26 Å². The van der Waals surface area contributed by atoms with Gasteiger partial charge in [-0.3, -0.25) is 0 Å². The van der Waals surface area contributed by atoms with Gasteiger partial charge in [-0.1, -0.05) is 29.3 Å². The van der Waals surface area contributed by atoms with Crippen molar-refractivity contribution in [2.75, 3.05) is 11.9 Å². The van der Waals surface area contributed by atoms with Gasteiger partial charge in [0.05, 0.1) is 22.3 Å². The summed E-state index contributed by atoms with van der Waals surface area (Å²) in [6.07, 6.45) is 1.75. The second-order valence-corrected chi connectivity index (χ2v) is 3.21. The lowest BCUT2D eigenvalue weighted by Gasteiger charge is -2.05. The molecule has 1 aromatic carbocycles. The smallest absolute Gasteiger partial charge is 0.0992 e. The monoisotopic (exact) mass is 226 g/mol. The molecule has 0 radical (unpaired) electrons. The zero-order valence-electron chi connectivity index (χ0n) is 7.30. The molecule has 0 aliphatic rings. The summed E-state index contributed by atoms with van der Waals surface area (Å²) in [6.45, 7) is 0.581. The molecule has 0 atom stereocenters. The molecule has 0 aliphatic heterocycles. The highest BCUT2D eigenvalue weighted by molar-refractivity contribution is 6.33. The minimum atomic E-state index is 0.576. The Morgan fingerprint density at radius 1 is 1.50 bits per heavy atom. The maximum Gasteiger partial charge on any atom is 0.0992 e. The Balaban J connectivity index is 2.80. The van der Waals surface area contributed by atoms with E-state index in [-0.39, 0.29) is 0 Å². The van der Waals surface area contributed by atoms with E-state index in [9.17, 15) is 0 Å². The lowest BCUT2D eigenvalue weighted by Crippen LogP contribution is -1.98. The third-order valence-corrected chi connectivity index (χ3v) is 2.10. The minimum absolute atomic E-state index is 0.576. The van der Waals surface area contributed by atoms with Crippen molar-refractivity contribution in [3.05, 3.63) is 40.4 Å². The molecule has 0 aromatic heterocycles. The van der Waals surface area contributed by atoms with Crippen LogP contribution < -0.4 is 5.32 Å². The minimum Gasteiger partial charge on any atom is -0.380 e. The number of benzene rings is 1. The normalized spacial score (nSPS) is 10.1. The van der Waals surface area contributed by atoms with Crippen LogP contribution in [0, 0.1) is 11.3 Å². The summed E-state index contributed by atoms with van der Waals surface area (Å²) in [6, 6.07) is 7.10. The molecule has 0 bridgehead atoms. The van der Waals surface area contributed by atoms with Crippen LogP contribution in [0.3, 0.4) is 0 Å². The Bertz CT molecular complexity index is 380. The number of rotatable bonds is 3. The molecule has 2 nitrogen and oxygen atoms in total. The van der Waals surface area contributed by atoms with E-state index in [1.165, 1.54) is 5.54 Å². The highest BCUT2D eigenvalue weighted by atomic mass is 35.5. The van der Waals surface area contributed by atoms with Crippen molar-refractivity contribution >= 4 is 28.9 Å². The van der Waals surface area contributed by atoms with Gasteiger partial charge in [-0.25, -0.2) is 0 Å². The molecule has 0 amide bonds. The number of anilines is 1. The third kappa shape index (κ3) is 2.95. The summed E-state index contributed by atoms with van der Waals surface area (Å²) >= 11 is 11.3. The molecule has 0 saturated heterocycles. The molecular formula is C10H8Cl2N2. The molecule has 0 unspecified atom stereocenters. The summed E-state index contributed by atoms with van der Waals surface area (Å²) < 4.78 is 0. The standard InChI is InChI=1S/C10H8Cl2N2/c11-4-1-5-14-10-6-8(7-13)2-3-9(10)12/h1-4,6,14H,5H2/b4-1+. The fraction of sp³-hybridized carbons (Fsp3) is 0.100. The van der Waals surface area contributed by atoms with Crippen LogP contribution in [-0.2, 0) is 0 Å². The van der Waals surface area contributed by atoms with Gasteiger partial charge >= 0.3 is 0 Å². The van der Waals surface area contributed by atoms with Crippen LogP contribution >= 0.6 is 23.2 Å². The average Bonchev–Trinajstić information content (AvgIpc) is 2.21. The van der Waals surface area contributed by atoms with E-state index in [1.807, 2.05) is 6.07 Å². The maximum absolute atomic E-state index is 8.67. The van der Waals surface area contributed by atoms with E-state index in [0.717, 1.165) is 5.69 Å². The molecule has 0 heterocycles. The Labute approximate surface area is 92.8 Å². The molecule has 1 rings (SSSR count). The van der Waals surface area contributed by atoms with Gasteiger partial charge in [-0.15, -0.1) is 0 Å². The van der Waals surface area contributed by atoms with E-state index in [0.29, 0.717) is 17.1 Å². The Kier molecular flexibility index (Phi) is 4.31. The third-order valence-electron chi connectivity index (χ3n) is 1.59. The number of nitrogens with zero attached hydrogens (tertiary/aromatic N) is 1. The van der Waals surface area contributed by atoms with Crippen molar-refractivity contribution in [3.8, 4) is 6.07 Å². The van der Waals surface area contributed by atoms with Crippen LogP contribution in [0.2, 0.25) is 5.02 Å². The van der Waals surface area contributed by atoms with E-state index in [2.05, 4.69) is 5.32 Å². The molecule has 0 spiro atoms. The second-order valence-electron chi connectivity index (χ2n) is 2.55. The molecule has 0 fully saturated rings. The van der Waals surface area contributed by atoms with Gasteiger partial charge in [-0.05, 0) is 18.2 Å². The fourth-order valence-corrected chi connectivity index (χ4v) is 1.22.